The Morgan fingerprint density at radius 1 is 0.650 bits per heavy atom. The molecule has 0 heterocycles. The van der Waals surface area contributed by atoms with Crippen molar-refractivity contribution in [1.82, 2.24) is 0 Å². The molecule has 0 saturated heterocycles. The van der Waals surface area contributed by atoms with Crippen LogP contribution in [0.25, 0.3) is 0 Å². The van der Waals surface area contributed by atoms with Crippen molar-refractivity contribution < 1.29 is 9.47 Å². The first-order valence-electron chi connectivity index (χ1n) is 8.93. The van der Waals surface area contributed by atoms with Crippen LogP contribution in [0.15, 0.2) is 0 Å². The fourth-order valence-corrected chi connectivity index (χ4v) is 19.2. The summed E-state index contributed by atoms with van der Waals surface area (Å²) in [5.41, 5.74) is 0. The molecule has 0 fully saturated rings. The van der Waals surface area contributed by atoms with Crippen molar-refractivity contribution in [3.8, 4) is 0 Å². The van der Waals surface area contributed by atoms with Crippen LogP contribution in [0.2, 0.25) is 13.3 Å². The second-order valence-corrected chi connectivity index (χ2v) is 19.3. The van der Waals surface area contributed by atoms with Crippen molar-refractivity contribution in [2.24, 2.45) is 0 Å². The average molecular weight is 393 g/mol. The fourth-order valence-electron chi connectivity index (χ4n) is 3.02. The summed E-state index contributed by atoms with van der Waals surface area (Å²) in [5.74, 6) is 0. The van der Waals surface area contributed by atoms with E-state index in [1.165, 1.54) is 51.8 Å². The van der Waals surface area contributed by atoms with E-state index in [-0.39, 0.29) is 4.31 Å². The molecule has 0 aliphatic rings. The molecule has 122 valence electrons. The van der Waals surface area contributed by atoms with Gasteiger partial charge in [-0.1, -0.05) is 0 Å². The molecule has 0 unspecified atom stereocenters. The molecular formula is C17H38O2Sn. The van der Waals surface area contributed by atoms with Gasteiger partial charge in [-0.2, -0.15) is 0 Å². The van der Waals surface area contributed by atoms with Crippen molar-refractivity contribution >= 4 is 18.4 Å². The molecule has 20 heavy (non-hydrogen) atoms. The van der Waals surface area contributed by atoms with E-state index >= 15 is 0 Å². The Bertz CT molecular complexity index is 181. The Morgan fingerprint density at radius 3 is 1.25 bits per heavy atom. The maximum atomic E-state index is 6.11. The molecule has 0 rings (SSSR count). The maximum absolute atomic E-state index is 6.11. The monoisotopic (exact) mass is 394 g/mol. The summed E-state index contributed by atoms with van der Waals surface area (Å²) < 4.78 is 16.8. The van der Waals surface area contributed by atoms with Crippen LogP contribution in [0, 0.1) is 0 Å². The van der Waals surface area contributed by atoms with Crippen molar-refractivity contribution in [3.63, 3.8) is 0 Å². The third-order valence-electron chi connectivity index (χ3n) is 4.22. The van der Waals surface area contributed by atoms with Gasteiger partial charge >= 0.3 is 132 Å². The number of hydrogen-bond donors (Lipinski definition) is 0. The molecule has 0 aliphatic heterocycles. The van der Waals surface area contributed by atoms with Gasteiger partial charge in [-0.05, 0) is 0 Å². The minimum atomic E-state index is -2.35. The number of unbranched alkanes of at least 4 members (excludes halogenated alkanes) is 3. The van der Waals surface area contributed by atoms with Gasteiger partial charge in [-0.15, -0.1) is 0 Å². The molecule has 0 N–H and O–H groups in total. The Labute approximate surface area is 131 Å². The van der Waals surface area contributed by atoms with Crippen LogP contribution in [-0.4, -0.2) is 35.9 Å². The van der Waals surface area contributed by atoms with Crippen LogP contribution >= 0.6 is 0 Å². The van der Waals surface area contributed by atoms with E-state index < -0.39 is 18.4 Å². The summed E-state index contributed by atoms with van der Waals surface area (Å²) in [6, 6.07) is 0. The van der Waals surface area contributed by atoms with Crippen LogP contribution in [0.3, 0.4) is 0 Å². The van der Waals surface area contributed by atoms with E-state index in [0.717, 1.165) is 13.2 Å². The molecule has 0 aromatic heterocycles. The number of rotatable bonds is 14. The van der Waals surface area contributed by atoms with Gasteiger partial charge in [0.05, 0.1) is 0 Å². The first kappa shape index (κ1) is 20.7. The Balaban J connectivity index is 5.03. The topological polar surface area (TPSA) is 18.5 Å². The minimum absolute atomic E-state index is 0.198. The molecule has 3 heteroatoms. The Hall–Kier alpha value is 0.719. The number of hydrogen-bond acceptors (Lipinski definition) is 2. The molecule has 0 aromatic rings. The summed E-state index contributed by atoms with van der Waals surface area (Å²) in [6.07, 6.45) is 8.05. The van der Waals surface area contributed by atoms with Gasteiger partial charge in [0.1, 0.15) is 0 Å². The van der Waals surface area contributed by atoms with E-state index in [0.29, 0.717) is 0 Å². The molecule has 0 aliphatic carbocycles. The molecule has 0 radical (unpaired) electrons. The van der Waals surface area contributed by atoms with Gasteiger partial charge in [0.25, 0.3) is 0 Å². The molecule has 0 aromatic carbocycles. The summed E-state index contributed by atoms with van der Waals surface area (Å²) in [7, 11) is 0. The Kier molecular flexibility index (Phi) is 13.9. The SMILES string of the molecule is CCC[CH2][Sn]([CH2]CCC)([CH2]CCC)[CH](OCC)OCC. The first-order valence-corrected chi connectivity index (χ1v) is 16.6. The van der Waals surface area contributed by atoms with E-state index in [9.17, 15) is 0 Å². The van der Waals surface area contributed by atoms with E-state index in [1.54, 1.807) is 0 Å². The van der Waals surface area contributed by atoms with Crippen LogP contribution in [-0.2, 0) is 9.47 Å². The summed E-state index contributed by atoms with van der Waals surface area (Å²) >= 11 is -2.35. The Morgan fingerprint density at radius 2 is 1.00 bits per heavy atom. The zero-order valence-electron chi connectivity index (χ0n) is 14.7. The summed E-state index contributed by atoms with van der Waals surface area (Å²) in [6.45, 7) is 12.8. The summed E-state index contributed by atoms with van der Waals surface area (Å²) in [4.78, 5) is 0. The van der Waals surface area contributed by atoms with E-state index in [1.807, 2.05) is 0 Å². The molecule has 0 bridgehead atoms. The van der Waals surface area contributed by atoms with Gasteiger partial charge in [-0.3, -0.25) is 0 Å². The standard InChI is InChI=1S/C5H11O2.3C4H9.Sn/c1-3-6-5-7-4-2;3*1-3-4-2;/h5H,3-4H2,1-2H3;3*1,3-4H2,2H3;. The second kappa shape index (κ2) is 13.4. The first-order chi connectivity index (χ1) is 9.70. The van der Waals surface area contributed by atoms with E-state index in [2.05, 4.69) is 34.6 Å². The van der Waals surface area contributed by atoms with Crippen LogP contribution in [0.5, 0.6) is 0 Å². The predicted octanol–water partition coefficient (Wildman–Crippen LogP) is 5.77. The molecule has 0 amide bonds. The van der Waals surface area contributed by atoms with Crippen LogP contribution in [0.1, 0.15) is 73.1 Å². The van der Waals surface area contributed by atoms with Gasteiger partial charge in [0, 0.05) is 0 Å². The predicted molar refractivity (Wildman–Crippen MR) is 91.9 cm³/mol. The molecule has 0 atom stereocenters. The van der Waals surface area contributed by atoms with Crippen molar-refractivity contribution in [2.45, 2.75) is 90.8 Å². The van der Waals surface area contributed by atoms with Crippen molar-refractivity contribution in [3.05, 3.63) is 0 Å². The van der Waals surface area contributed by atoms with Crippen molar-refractivity contribution in [1.29, 1.82) is 0 Å². The quantitative estimate of drug-likeness (QED) is 0.275. The third kappa shape index (κ3) is 7.65. The van der Waals surface area contributed by atoms with Crippen LogP contribution in [0.4, 0.5) is 0 Å². The van der Waals surface area contributed by atoms with Gasteiger partial charge in [0.2, 0.25) is 0 Å². The second-order valence-electron chi connectivity index (χ2n) is 5.92. The fraction of sp³-hybridized carbons (Fsp3) is 1.00. The molecule has 0 saturated carbocycles. The molecule has 0 spiro atoms. The number of ether oxygens (including phenoxy) is 2. The van der Waals surface area contributed by atoms with Gasteiger partial charge < -0.3 is 0 Å². The van der Waals surface area contributed by atoms with Gasteiger partial charge in [-0.25, -0.2) is 0 Å². The van der Waals surface area contributed by atoms with Crippen molar-refractivity contribution in [2.75, 3.05) is 13.2 Å². The zero-order chi connectivity index (χ0) is 15.3. The van der Waals surface area contributed by atoms with E-state index in [4.69, 9.17) is 9.47 Å². The van der Waals surface area contributed by atoms with Crippen LogP contribution < -0.4 is 0 Å². The zero-order valence-corrected chi connectivity index (χ0v) is 17.5. The average Bonchev–Trinajstić information content (AvgIpc) is 2.47. The third-order valence-corrected chi connectivity index (χ3v) is 19.6. The molecule has 2 nitrogen and oxygen atoms in total. The normalized spacial score (nSPS) is 12.3. The summed E-state index contributed by atoms with van der Waals surface area (Å²) in [5, 5.41) is 0. The molecular weight excluding hydrogens is 355 g/mol. The van der Waals surface area contributed by atoms with Gasteiger partial charge in [0.15, 0.2) is 0 Å².